The molecule has 1 fully saturated rings. The highest BCUT2D eigenvalue weighted by atomic mass is 16.3. The first kappa shape index (κ1) is 12.7. The van der Waals surface area contributed by atoms with E-state index >= 15 is 0 Å². The van der Waals surface area contributed by atoms with Crippen molar-refractivity contribution in [3.8, 4) is 0 Å². The molecule has 0 spiro atoms. The van der Waals surface area contributed by atoms with E-state index in [9.17, 15) is 0 Å². The van der Waals surface area contributed by atoms with Crippen LogP contribution in [0, 0.1) is 5.92 Å². The number of furan rings is 1. The normalized spacial score (nSPS) is 17.9. The van der Waals surface area contributed by atoms with Crippen molar-refractivity contribution in [3.05, 3.63) is 24.2 Å². The topological polar surface area (TPSA) is 25.2 Å². The minimum atomic E-state index is 0.686. The van der Waals surface area contributed by atoms with Crippen molar-refractivity contribution in [2.75, 3.05) is 6.54 Å². The first-order valence-corrected chi connectivity index (χ1v) is 7.14. The Labute approximate surface area is 105 Å². The molecule has 17 heavy (non-hydrogen) atoms. The summed E-state index contributed by atoms with van der Waals surface area (Å²) in [6.45, 7) is 3.38. The zero-order valence-electron chi connectivity index (χ0n) is 11.0. The zero-order valence-corrected chi connectivity index (χ0v) is 11.0. The van der Waals surface area contributed by atoms with Gasteiger partial charge in [0.1, 0.15) is 5.76 Å². The predicted molar refractivity (Wildman–Crippen MR) is 71.1 cm³/mol. The van der Waals surface area contributed by atoms with Crippen LogP contribution in [0.5, 0.6) is 0 Å². The van der Waals surface area contributed by atoms with Crippen LogP contribution in [0.4, 0.5) is 0 Å². The molecule has 0 aliphatic heterocycles. The minimum absolute atomic E-state index is 0.686. The van der Waals surface area contributed by atoms with Gasteiger partial charge in [0.25, 0.3) is 0 Å². The highest BCUT2D eigenvalue weighted by molar-refractivity contribution is 4.98. The lowest BCUT2D eigenvalue weighted by molar-refractivity contribution is 0.252. The maximum absolute atomic E-state index is 5.41. The molecule has 0 amide bonds. The molecule has 1 aliphatic rings. The third kappa shape index (κ3) is 4.19. The van der Waals surface area contributed by atoms with Crippen molar-refractivity contribution >= 4 is 0 Å². The Kier molecular flexibility index (Phi) is 5.11. The number of hydrogen-bond acceptors (Lipinski definition) is 2. The number of nitrogens with one attached hydrogen (secondary N) is 1. The summed E-state index contributed by atoms with van der Waals surface area (Å²) in [6.07, 6.45) is 11.0. The van der Waals surface area contributed by atoms with Crippen LogP contribution < -0.4 is 5.32 Å². The molecule has 96 valence electrons. The first-order chi connectivity index (χ1) is 8.38. The molecule has 1 aliphatic carbocycles. The summed E-state index contributed by atoms with van der Waals surface area (Å²) in [7, 11) is 0. The second-order valence-corrected chi connectivity index (χ2v) is 5.30. The molecule has 1 N–H and O–H groups in total. The Morgan fingerprint density at radius 1 is 1.47 bits per heavy atom. The number of aryl methyl sites for hydroxylation is 1. The smallest absolute Gasteiger partial charge is 0.103 e. The van der Waals surface area contributed by atoms with Gasteiger partial charge in [0.2, 0.25) is 0 Å². The van der Waals surface area contributed by atoms with Crippen molar-refractivity contribution in [1.29, 1.82) is 0 Å². The number of hydrogen-bond donors (Lipinski definition) is 1. The fraction of sp³-hybridized carbons (Fsp3) is 0.733. The Morgan fingerprint density at radius 3 is 2.94 bits per heavy atom. The Morgan fingerprint density at radius 2 is 2.35 bits per heavy atom. The molecule has 0 saturated heterocycles. The molecule has 1 saturated carbocycles. The molecule has 0 aromatic carbocycles. The van der Waals surface area contributed by atoms with Gasteiger partial charge in [-0.2, -0.15) is 0 Å². The monoisotopic (exact) mass is 235 g/mol. The van der Waals surface area contributed by atoms with E-state index in [1.807, 2.05) is 6.07 Å². The van der Waals surface area contributed by atoms with Crippen molar-refractivity contribution in [2.24, 2.45) is 5.92 Å². The van der Waals surface area contributed by atoms with Crippen LogP contribution in [0.1, 0.15) is 51.2 Å². The summed E-state index contributed by atoms with van der Waals surface area (Å²) in [6, 6.07) is 4.75. The molecule has 0 radical (unpaired) electrons. The summed E-state index contributed by atoms with van der Waals surface area (Å²) in [5.74, 6) is 2.11. The van der Waals surface area contributed by atoms with Gasteiger partial charge in [0.15, 0.2) is 0 Å². The standard InChI is InChI=1S/C15H25NO/c1-2-10-16-14(12-13-5-3-6-13)8-9-15-7-4-11-17-15/h4,7,11,13-14,16H,2-3,5-6,8-10,12H2,1H3. The molecule has 2 heteroatoms. The molecule has 1 aromatic heterocycles. The van der Waals surface area contributed by atoms with Gasteiger partial charge in [-0.05, 0) is 43.9 Å². The summed E-state index contributed by atoms with van der Waals surface area (Å²) in [5, 5.41) is 3.69. The van der Waals surface area contributed by atoms with Crippen LogP contribution in [-0.4, -0.2) is 12.6 Å². The summed E-state index contributed by atoms with van der Waals surface area (Å²) in [4.78, 5) is 0. The van der Waals surface area contributed by atoms with E-state index in [-0.39, 0.29) is 0 Å². The van der Waals surface area contributed by atoms with Crippen LogP contribution in [0.25, 0.3) is 0 Å². The van der Waals surface area contributed by atoms with Crippen LogP contribution in [0.2, 0.25) is 0 Å². The first-order valence-electron chi connectivity index (χ1n) is 7.14. The van der Waals surface area contributed by atoms with E-state index < -0.39 is 0 Å². The van der Waals surface area contributed by atoms with Crippen molar-refractivity contribution < 1.29 is 4.42 Å². The molecular formula is C15H25NO. The second kappa shape index (κ2) is 6.85. The van der Waals surface area contributed by atoms with Crippen LogP contribution in [0.3, 0.4) is 0 Å². The highest BCUT2D eigenvalue weighted by Gasteiger charge is 2.21. The second-order valence-electron chi connectivity index (χ2n) is 5.30. The van der Waals surface area contributed by atoms with Gasteiger partial charge < -0.3 is 9.73 Å². The van der Waals surface area contributed by atoms with Crippen molar-refractivity contribution in [2.45, 2.75) is 57.9 Å². The Hall–Kier alpha value is -0.760. The molecule has 0 bridgehead atoms. The van der Waals surface area contributed by atoms with Crippen molar-refractivity contribution in [3.63, 3.8) is 0 Å². The lowest BCUT2D eigenvalue weighted by atomic mass is 9.80. The molecule has 1 aromatic rings. The van der Waals surface area contributed by atoms with E-state index in [0.29, 0.717) is 6.04 Å². The minimum Gasteiger partial charge on any atom is -0.469 e. The van der Waals surface area contributed by atoms with Gasteiger partial charge in [-0.3, -0.25) is 0 Å². The largest absolute Gasteiger partial charge is 0.469 e. The third-order valence-electron chi connectivity index (χ3n) is 3.84. The quantitative estimate of drug-likeness (QED) is 0.742. The van der Waals surface area contributed by atoms with Crippen LogP contribution in [-0.2, 0) is 6.42 Å². The molecule has 1 heterocycles. The SMILES string of the molecule is CCCNC(CCc1ccco1)CC1CCC1. The fourth-order valence-electron chi connectivity index (χ4n) is 2.55. The zero-order chi connectivity index (χ0) is 11.9. The average Bonchev–Trinajstić information content (AvgIpc) is 2.78. The molecule has 1 unspecified atom stereocenters. The molecule has 2 rings (SSSR count). The van der Waals surface area contributed by atoms with E-state index in [4.69, 9.17) is 4.42 Å². The fourth-order valence-corrected chi connectivity index (χ4v) is 2.55. The van der Waals surface area contributed by atoms with Gasteiger partial charge >= 0.3 is 0 Å². The predicted octanol–water partition coefficient (Wildman–Crippen LogP) is 3.77. The van der Waals surface area contributed by atoms with Gasteiger partial charge in [-0.1, -0.05) is 26.2 Å². The van der Waals surface area contributed by atoms with E-state index in [2.05, 4.69) is 18.3 Å². The lowest BCUT2D eigenvalue weighted by Gasteiger charge is -2.30. The Bertz CT molecular complexity index is 290. The average molecular weight is 235 g/mol. The highest BCUT2D eigenvalue weighted by Crippen LogP contribution is 2.31. The third-order valence-corrected chi connectivity index (χ3v) is 3.84. The van der Waals surface area contributed by atoms with Gasteiger partial charge in [0.05, 0.1) is 6.26 Å². The molecular weight excluding hydrogens is 210 g/mol. The lowest BCUT2D eigenvalue weighted by Crippen LogP contribution is -2.33. The van der Waals surface area contributed by atoms with E-state index in [1.165, 1.54) is 38.5 Å². The maximum Gasteiger partial charge on any atom is 0.103 e. The van der Waals surface area contributed by atoms with E-state index in [1.54, 1.807) is 6.26 Å². The van der Waals surface area contributed by atoms with Crippen molar-refractivity contribution in [1.82, 2.24) is 5.32 Å². The number of rotatable bonds is 8. The Balaban J connectivity index is 1.72. The molecule has 1 atom stereocenters. The van der Waals surface area contributed by atoms with Crippen LogP contribution >= 0.6 is 0 Å². The molecule has 2 nitrogen and oxygen atoms in total. The van der Waals surface area contributed by atoms with Crippen LogP contribution in [0.15, 0.2) is 22.8 Å². The van der Waals surface area contributed by atoms with Gasteiger partial charge in [-0.15, -0.1) is 0 Å². The summed E-state index contributed by atoms with van der Waals surface area (Å²) >= 11 is 0. The van der Waals surface area contributed by atoms with Gasteiger partial charge in [0, 0.05) is 12.5 Å². The van der Waals surface area contributed by atoms with Gasteiger partial charge in [-0.25, -0.2) is 0 Å². The maximum atomic E-state index is 5.41. The summed E-state index contributed by atoms with van der Waals surface area (Å²) in [5.41, 5.74) is 0. The van der Waals surface area contributed by atoms with E-state index in [0.717, 1.165) is 24.6 Å². The summed E-state index contributed by atoms with van der Waals surface area (Å²) < 4.78 is 5.41.